The van der Waals surface area contributed by atoms with Crippen molar-refractivity contribution in [3.05, 3.63) is 83.6 Å². The standard InChI is InChI=1S/C24H23NO4/c1-3-13-28-19-11-7-17(8-12-19)20-14-22(26)25(21-15-29-24(27)23(20)21)18-9-5-16(4-2)6-10-18/h3,5-12,20H,1,4,13-15H2,2H3. The maximum atomic E-state index is 13.1. The van der Waals surface area contributed by atoms with E-state index >= 15 is 0 Å². The molecule has 0 aliphatic carbocycles. The lowest BCUT2D eigenvalue weighted by atomic mass is 9.84. The molecule has 2 aromatic rings. The molecule has 148 valence electrons. The lowest BCUT2D eigenvalue weighted by Crippen LogP contribution is -2.37. The number of amides is 1. The maximum absolute atomic E-state index is 13.1. The van der Waals surface area contributed by atoms with E-state index in [1.807, 2.05) is 48.5 Å². The molecule has 1 unspecified atom stereocenters. The Hall–Kier alpha value is -3.34. The lowest BCUT2D eigenvalue weighted by Gasteiger charge is -2.32. The second-order valence-corrected chi connectivity index (χ2v) is 7.11. The molecule has 0 fully saturated rings. The summed E-state index contributed by atoms with van der Waals surface area (Å²) in [4.78, 5) is 27.2. The molecule has 1 atom stereocenters. The highest BCUT2D eigenvalue weighted by atomic mass is 16.5. The van der Waals surface area contributed by atoms with E-state index in [9.17, 15) is 9.59 Å². The summed E-state index contributed by atoms with van der Waals surface area (Å²) in [6, 6.07) is 15.4. The van der Waals surface area contributed by atoms with Gasteiger partial charge in [-0.15, -0.1) is 0 Å². The Kier molecular flexibility index (Phi) is 5.21. The minimum absolute atomic E-state index is 0.0386. The normalized spacial score (nSPS) is 18.5. The van der Waals surface area contributed by atoms with Crippen LogP contribution in [0, 0.1) is 0 Å². The number of rotatable bonds is 6. The zero-order valence-corrected chi connectivity index (χ0v) is 16.4. The maximum Gasteiger partial charge on any atom is 0.336 e. The highest BCUT2D eigenvalue weighted by molar-refractivity contribution is 6.06. The second kappa shape index (κ2) is 7.95. The lowest BCUT2D eigenvalue weighted by molar-refractivity contribution is -0.136. The van der Waals surface area contributed by atoms with Gasteiger partial charge in [-0.3, -0.25) is 9.69 Å². The van der Waals surface area contributed by atoms with Gasteiger partial charge in [-0.25, -0.2) is 4.79 Å². The van der Waals surface area contributed by atoms with E-state index in [1.54, 1.807) is 11.0 Å². The zero-order chi connectivity index (χ0) is 20.4. The van der Waals surface area contributed by atoms with Gasteiger partial charge < -0.3 is 9.47 Å². The van der Waals surface area contributed by atoms with Crippen LogP contribution in [0.25, 0.3) is 0 Å². The van der Waals surface area contributed by atoms with Gasteiger partial charge in [0.15, 0.2) is 0 Å². The molecule has 0 saturated carbocycles. The Morgan fingerprint density at radius 3 is 2.52 bits per heavy atom. The number of carbonyl (C=O) groups is 2. The third kappa shape index (κ3) is 3.56. The van der Waals surface area contributed by atoms with Gasteiger partial charge >= 0.3 is 5.97 Å². The van der Waals surface area contributed by atoms with Crippen molar-refractivity contribution in [3.8, 4) is 5.75 Å². The van der Waals surface area contributed by atoms with Crippen molar-refractivity contribution >= 4 is 17.6 Å². The number of carbonyl (C=O) groups excluding carboxylic acids is 2. The van der Waals surface area contributed by atoms with E-state index in [0.29, 0.717) is 17.9 Å². The van der Waals surface area contributed by atoms with Gasteiger partial charge in [-0.05, 0) is 41.8 Å². The number of ether oxygens (including phenoxy) is 2. The molecule has 2 aliphatic heterocycles. The molecule has 1 amide bonds. The molecule has 29 heavy (non-hydrogen) atoms. The van der Waals surface area contributed by atoms with Crippen LogP contribution < -0.4 is 9.64 Å². The Morgan fingerprint density at radius 2 is 1.86 bits per heavy atom. The van der Waals surface area contributed by atoms with Gasteiger partial charge in [0.2, 0.25) is 5.91 Å². The number of aryl methyl sites for hydroxylation is 1. The summed E-state index contributed by atoms with van der Waals surface area (Å²) in [5.74, 6) is 0.0201. The van der Waals surface area contributed by atoms with E-state index in [4.69, 9.17) is 9.47 Å². The number of esters is 1. The molecule has 0 N–H and O–H groups in total. The van der Waals surface area contributed by atoms with Gasteiger partial charge in [0.1, 0.15) is 19.0 Å². The van der Waals surface area contributed by atoms with E-state index in [2.05, 4.69) is 13.5 Å². The van der Waals surface area contributed by atoms with Crippen molar-refractivity contribution in [2.75, 3.05) is 18.1 Å². The van der Waals surface area contributed by atoms with Crippen LogP contribution in [0.4, 0.5) is 5.69 Å². The Bertz CT molecular complexity index is 973. The average Bonchev–Trinajstić information content (AvgIpc) is 3.13. The second-order valence-electron chi connectivity index (χ2n) is 7.11. The van der Waals surface area contributed by atoms with Crippen molar-refractivity contribution in [1.29, 1.82) is 0 Å². The SMILES string of the molecule is C=CCOc1ccc(C2CC(=O)N(c3ccc(CC)cc3)C3=C2C(=O)OC3)cc1. The molecule has 5 heteroatoms. The fourth-order valence-electron chi connectivity index (χ4n) is 3.87. The number of cyclic esters (lactones) is 1. The summed E-state index contributed by atoms with van der Waals surface area (Å²) < 4.78 is 10.9. The first-order valence-corrected chi connectivity index (χ1v) is 9.78. The highest BCUT2D eigenvalue weighted by Crippen LogP contribution is 2.42. The van der Waals surface area contributed by atoms with Crippen molar-refractivity contribution in [3.63, 3.8) is 0 Å². The minimum Gasteiger partial charge on any atom is -0.490 e. The molecule has 2 aromatic carbocycles. The summed E-state index contributed by atoms with van der Waals surface area (Å²) in [5, 5.41) is 0. The van der Waals surface area contributed by atoms with Crippen LogP contribution >= 0.6 is 0 Å². The summed E-state index contributed by atoms with van der Waals surface area (Å²) in [7, 11) is 0. The van der Waals surface area contributed by atoms with Crippen molar-refractivity contribution in [2.45, 2.75) is 25.7 Å². The van der Waals surface area contributed by atoms with Crippen molar-refractivity contribution in [1.82, 2.24) is 0 Å². The van der Waals surface area contributed by atoms with E-state index in [1.165, 1.54) is 5.56 Å². The molecule has 0 spiro atoms. The van der Waals surface area contributed by atoms with Crippen molar-refractivity contribution < 1.29 is 19.1 Å². The third-order valence-electron chi connectivity index (χ3n) is 5.37. The highest BCUT2D eigenvalue weighted by Gasteiger charge is 2.42. The van der Waals surface area contributed by atoms with E-state index in [0.717, 1.165) is 23.4 Å². The number of hydrogen-bond donors (Lipinski definition) is 0. The monoisotopic (exact) mass is 389 g/mol. The summed E-state index contributed by atoms with van der Waals surface area (Å²) in [6.45, 7) is 6.27. The van der Waals surface area contributed by atoms with Gasteiger partial charge in [-0.2, -0.15) is 0 Å². The smallest absolute Gasteiger partial charge is 0.336 e. The first kappa shape index (κ1) is 19.0. The molecular formula is C24H23NO4. The largest absolute Gasteiger partial charge is 0.490 e. The quantitative estimate of drug-likeness (QED) is 0.550. The van der Waals surface area contributed by atoms with Gasteiger partial charge in [-0.1, -0.05) is 43.8 Å². The molecule has 2 heterocycles. The van der Waals surface area contributed by atoms with Crippen LogP contribution in [-0.2, 0) is 20.7 Å². The Labute approximate surface area is 170 Å². The molecule has 0 radical (unpaired) electrons. The van der Waals surface area contributed by atoms with Crippen LogP contribution in [0.1, 0.15) is 30.4 Å². The molecule has 5 nitrogen and oxygen atoms in total. The first-order valence-electron chi connectivity index (χ1n) is 9.78. The van der Waals surface area contributed by atoms with Crippen LogP contribution in [0.3, 0.4) is 0 Å². The molecule has 0 saturated heterocycles. The van der Waals surface area contributed by atoms with Crippen LogP contribution in [0.5, 0.6) is 5.75 Å². The number of hydrogen-bond acceptors (Lipinski definition) is 4. The summed E-state index contributed by atoms with van der Waals surface area (Å²) in [6.07, 6.45) is 2.83. The summed E-state index contributed by atoms with van der Waals surface area (Å²) in [5.41, 5.74) is 4.08. The Balaban J connectivity index is 1.69. The van der Waals surface area contributed by atoms with E-state index < -0.39 is 0 Å². The number of anilines is 1. The third-order valence-corrected chi connectivity index (χ3v) is 5.37. The predicted molar refractivity (Wildman–Crippen MR) is 111 cm³/mol. The predicted octanol–water partition coefficient (Wildman–Crippen LogP) is 4.15. The van der Waals surface area contributed by atoms with Crippen LogP contribution in [0.15, 0.2) is 72.5 Å². The zero-order valence-electron chi connectivity index (χ0n) is 16.4. The molecule has 2 aliphatic rings. The topological polar surface area (TPSA) is 55.8 Å². The first-order chi connectivity index (χ1) is 14.1. The number of benzene rings is 2. The number of nitrogens with zero attached hydrogens (tertiary/aromatic N) is 1. The van der Waals surface area contributed by atoms with Gasteiger partial charge in [0.05, 0.1) is 11.3 Å². The average molecular weight is 389 g/mol. The minimum atomic E-state index is -0.348. The van der Waals surface area contributed by atoms with Gasteiger partial charge in [0.25, 0.3) is 0 Å². The molecule has 0 bridgehead atoms. The van der Waals surface area contributed by atoms with Gasteiger partial charge in [0, 0.05) is 18.0 Å². The van der Waals surface area contributed by atoms with Crippen LogP contribution in [-0.4, -0.2) is 25.1 Å². The molecular weight excluding hydrogens is 366 g/mol. The Morgan fingerprint density at radius 1 is 1.14 bits per heavy atom. The van der Waals surface area contributed by atoms with Crippen molar-refractivity contribution in [2.24, 2.45) is 0 Å². The molecule has 0 aromatic heterocycles. The summed E-state index contributed by atoms with van der Waals surface area (Å²) >= 11 is 0. The van der Waals surface area contributed by atoms with Crippen LogP contribution in [0.2, 0.25) is 0 Å². The van der Waals surface area contributed by atoms with E-state index in [-0.39, 0.29) is 30.8 Å². The fraction of sp³-hybridized carbons (Fsp3) is 0.250. The molecule has 4 rings (SSSR count). The fourth-order valence-corrected chi connectivity index (χ4v) is 3.87.